The van der Waals surface area contributed by atoms with E-state index in [1.165, 1.54) is 19.3 Å². The van der Waals surface area contributed by atoms with Gasteiger partial charge in [0.1, 0.15) is 0 Å². The van der Waals surface area contributed by atoms with Crippen LogP contribution in [-0.2, 0) is 0 Å². The molecule has 0 aromatic heterocycles. The van der Waals surface area contributed by atoms with Crippen molar-refractivity contribution >= 4 is 17.3 Å². The second-order valence-electron chi connectivity index (χ2n) is 4.68. The smallest absolute Gasteiger partial charge is 0.0992 e. The second-order valence-corrected chi connectivity index (χ2v) is 5.09. The molecular weight excluding hydrogens is 232 g/mol. The van der Waals surface area contributed by atoms with E-state index in [2.05, 4.69) is 18.3 Å². The van der Waals surface area contributed by atoms with Gasteiger partial charge in [0.05, 0.1) is 22.3 Å². The highest BCUT2D eigenvalue weighted by atomic mass is 35.5. The number of rotatable bonds is 5. The SMILES string of the molecule is CCCC(Nc1cc(C#N)ccc1Cl)C1CC1. The molecule has 1 unspecified atom stereocenters. The third-order valence-corrected chi connectivity index (χ3v) is 3.56. The molecule has 1 aromatic carbocycles. The first kappa shape index (κ1) is 12.3. The molecule has 1 N–H and O–H groups in total. The lowest BCUT2D eigenvalue weighted by Crippen LogP contribution is -2.21. The topological polar surface area (TPSA) is 35.8 Å². The summed E-state index contributed by atoms with van der Waals surface area (Å²) in [4.78, 5) is 0. The van der Waals surface area contributed by atoms with E-state index in [9.17, 15) is 0 Å². The molecule has 1 aliphatic carbocycles. The highest BCUT2D eigenvalue weighted by Gasteiger charge is 2.30. The van der Waals surface area contributed by atoms with Crippen LogP contribution in [-0.4, -0.2) is 6.04 Å². The Balaban J connectivity index is 2.13. The molecule has 1 saturated carbocycles. The number of halogens is 1. The third-order valence-electron chi connectivity index (χ3n) is 3.23. The lowest BCUT2D eigenvalue weighted by molar-refractivity contribution is 0.578. The summed E-state index contributed by atoms with van der Waals surface area (Å²) in [6.45, 7) is 2.20. The highest BCUT2D eigenvalue weighted by Crippen LogP contribution is 2.37. The molecule has 2 rings (SSSR count). The van der Waals surface area contributed by atoms with E-state index in [1.54, 1.807) is 12.1 Å². The van der Waals surface area contributed by atoms with E-state index in [1.807, 2.05) is 6.07 Å². The van der Waals surface area contributed by atoms with E-state index in [0.717, 1.165) is 18.0 Å². The first-order valence-corrected chi connectivity index (χ1v) is 6.58. The normalized spacial score (nSPS) is 16.3. The molecule has 17 heavy (non-hydrogen) atoms. The van der Waals surface area contributed by atoms with Crippen molar-refractivity contribution in [3.8, 4) is 6.07 Å². The molecule has 3 heteroatoms. The van der Waals surface area contributed by atoms with E-state index in [-0.39, 0.29) is 0 Å². The first-order valence-electron chi connectivity index (χ1n) is 6.20. The van der Waals surface area contributed by atoms with Crippen LogP contribution in [0.1, 0.15) is 38.2 Å². The first-order chi connectivity index (χ1) is 8.24. The molecule has 1 aromatic rings. The summed E-state index contributed by atoms with van der Waals surface area (Å²) in [5.74, 6) is 0.789. The molecule has 0 saturated heterocycles. The molecule has 0 spiro atoms. The van der Waals surface area contributed by atoms with Crippen molar-refractivity contribution in [1.82, 2.24) is 0 Å². The molecule has 1 fully saturated rings. The molecule has 1 atom stereocenters. The number of benzene rings is 1. The Hall–Kier alpha value is -1.20. The molecule has 0 radical (unpaired) electrons. The van der Waals surface area contributed by atoms with Crippen LogP contribution in [0.15, 0.2) is 18.2 Å². The van der Waals surface area contributed by atoms with Gasteiger partial charge >= 0.3 is 0 Å². The zero-order valence-corrected chi connectivity index (χ0v) is 10.8. The minimum absolute atomic E-state index is 0.506. The summed E-state index contributed by atoms with van der Waals surface area (Å²) in [7, 11) is 0. The summed E-state index contributed by atoms with van der Waals surface area (Å²) < 4.78 is 0. The number of nitriles is 1. The molecule has 0 heterocycles. The predicted octanol–water partition coefficient (Wildman–Crippen LogP) is 4.20. The van der Waals surface area contributed by atoms with Crippen LogP contribution in [0.3, 0.4) is 0 Å². The van der Waals surface area contributed by atoms with Gasteiger partial charge in [0.25, 0.3) is 0 Å². The van der Waals surface area contributed by atoms with Crippen molar-refractivity contribution in [2.24, 2.45) is 5.92 Å². The minimum Gasteiger partial charge on any atom is -0.381 e. The van der Waals surface area contributed by atoms with E-state index in [4.69, 9.17) is 16.9 Å². The zero-order chi connectivity index (χ0) is 12.3. The Morgan fingerprint density at radius 2 is 2.29 bits per heavy atom. The Kier molecular flexibility index (Phi) is 3.91. The molecule has 0 bridgehead atoms. The fourth-order valence-electron chi connectivity index (χ4n) is 2.14. The van der Waals surface area contributed by atoms with Crippen LogP contribution in [0.5, 0.6) is 0 Å². The van der Waals surface area contributed by atoms with E-state index in [0.29, 0.717) is 16.6 Å². The Morgan fingerprint density at radius 1 is 1.53 bits per heavy atom. The Labute approximate surface area is 108 Å². The highest BCUT2D eigenvalue weighted by molar-refractivity contribution is 6.33. The van der Waals surface area contributed by atoms with Gasteiger partial charge in [-0.2, -0.15) is 5.26 Å². The fourth-order valence-corrected chi connectivity index (χ4v) is 2.31. The van der Waals surface area contributed by atoms with E-state index < -0.39 is 0 Å². The molecule has 0 amide bonds. The van der Waals surface area contributed by atoms with Crippen LogP contribution in [0.2, 0.25) is 5.02 Å². The van der Waals surface area contributed by atoms with Gasteiger partial charge in [0.15, 0.2) is 0 Å². The Morgan fingerprint density at radius 3 is 2.88 bits per heavy atom. The van der Waals surface area contributed by atoms with Crippen molar-refractivity contribution in [3.05, 3.63) is 28.8 Å². The number of hydrogen-bond donors (Lipinski definition) is 1. The number of hydrogen-bond acceptors (Lipinski definition) is 2. The van der Waals surface area contributed by atoms with Gasteiger partial charge in [-0.05, 0) is 43.4 Å². The fraction of sp³-hybridized carbons (Fsp3) is 0.500. The molecule has 0 aliphatic heterocycles. The van der Waals surface area contributed by atoms with Crippen LogP contribution in [0, 0.1) is 17.2 Å². The lowest BCUT2D eigenvalue weighted by Gasteiger charge is -2.19. The molecule has 1 aliphatic rings. The summed E-state index contributed by atoms with van der Waals surface area (Å²) in [5, 5.41) is 13.1. The van der Waals surface area contributed by atoms with Crippen molar-refractivity contribution in [2.75, 3.05) is 5.32 Å². The number of nitrogens with zero attached hydrogens (tertiary/aromatic N) is 1. The quantitative estimate of drug-likeness (QED) is 0.848. The van der Waals surface area contributed by atoms with Crippen molar-refractivity contribution < 1.29 is 0 Å². The summed E-state index contributed by atoms with van der Waals surface area (Å²) in [5.41, 5.74) is 1.55. The van der Waals surface area contributed by atoms with Crippen LogP contribution in [0.4, 0.5) is 5.69 Å². The minimum atomic E-state index is 0.506. The van der Waals surface area contributed by atoms with Gasteiger partial charge in [-0.1, -0.05) is 24.9 Å². The van der Waals surface area contributed by atoms with E-state index >= 15 is 0 Å². The standard InChI is InChI=1S/C14H17ClN2/c1-2-3-13(11-5-6-11)17-14-8-10(9-16)4-7-12(14)15/h4,7-8,11,13,17H,2-3,5-6H2,1H3. The van der Waals surface area contributed by atoms with Gasteiger partial charge in [-0.3, -0.25) is 0 Å². The zero-order valence-electron chi connectivity index (χ0n) is 10.0. The largest absolute Gasteiger partial charge is 0.381 e. The maximum absolute atomic E-state index is 8.89. The summed E-state index contributed by atoms with van der Waals surface area (Å²) in [6, 6.07) is 8.03. The molecule has 90 valence electrons. The predicted molar refractivity (Wildman–Crippen MR) is 71.2 cm³/mol. The van der Waals surface area contributed by atoms with Gasteiger partial charge in [0, 0.05) is 6.04 Å². The van der Waals surface area contributed by atoms with Crippen LogP contribution in [0.25, 0.3) is 0 Å². The average Bonchev–Trinajstić information content (AvgIpc) is 3.15. The number of nitrogens with one attached hydrogen (secondary N) is 1. The van der Waals surface area contributed by atoms with Crippen LogP contribution >= 0.6 is 11.6 Å². The maximum Gasteiger partial charge on any atom is 0.0992 e. The lowest BCUT2D eigenvalue weighted by atomic mass is 10.1. The summed E-state index contributed by atoms with van der Waals surface area (Å²) in [6.07, 6.45) is 4.96. The monoisotopic (exact) mass is 248 g/mol. The van der Waals surface area contributed by atoms with Crippen molar-refractivity contribution in [1.29, 1.82) is 5.26 Å². The second kappa shape index (κ2) is 5.42. The van der Waals surface area contributed by atoms with Gasteiger partial charge in [-0.25, -0.2) is 0 Å². The average molecular weight is 249 g/mol. The van der Waals surface area contributed by atoms with Gasteiger partial charge < -0.3 is 5.32 Å². The molecule has 2 nitrogen and oxygen atoms in total. The van der Waals surface area contributed by atoms with Crippen LogP contribution < -0.4 is 5.32 Å². The molecular formula is C14H17ClN2. The van der Waals surface area contributed by atoms with Crippen molar-refractivity contribution in [3.63, 3.8) is 0 Å². The number of anilines is 1. The Bertz CT molecular complexity index is 432. The van der Waals surface area contributed by atoms with Gasteiger partial charge in [0.2, 0.25) is 0 Å². The maximum atomic E-state index is 8.89. The summed E-state index contributed by atoms with van der Waals surface area (Å²) >= 11 is 6.15. The third kappa shape index (κ3) is 3.14. The van der Waals surface area contributed by atoms with Crippen molar-refractivity contribution in [2.45, 2.75) is 38.6 Å². The van der Waals surface area contributed by atoms with Gasteiger partial charge in [-0.15, -0.1) is 0 Å².